The SMILES string of the molecule is CC(=O)N1CC[C@H](NCc2cc3cc(F)ccc3o2)[C@@H](C)C1. The molecule has 3 rings (SSSR count). The van der Waals surface area contributed by atoms with Crippen LogP contribution in [0.1, 0.15) is 26.0 Å². The zero-order chi connectivity index (χ0) is 15.7. The van der Waals surface area contributed by atoms with E-state index < -0.39 is 0 Å². The molecule has 118 valence electrons. The van der Waals surface area contributed by atoms with Crippen molar-refractivity contribution in [3.63, 3.8) is 0 Å². The highest BCUT2D eigenvalue weighted by Gasteiger charge is 2.26. The maximum Gasteiger partial charge on any atom is 0.219 e. The van der Waals surface area contributed by atoms with E-state index >= 15 is 0 Å². The summed E-state index contributed by atoms with van der Waals surface area (Å²) in [5, 5.41) is 4.29. The molecule has 2 aromatic rings. The highest BCUT2D eigenvalue weighted by molar-refractivity contribution is 5.77. The molecule has 5 heteroatoms. The van der Waals surface area contributed by atoms with Crippen LogP contribution in [-0.4, -0.2) is 29.9 Å². The van der Waals surface area contributed by atoms with E-state index in [2.05, 4.69) is 12.2 Å². The maximum absolute atomic E-state index is 13.2. The van der Waals surface area contributed by atoms with E-state index in [-0.39, 0.29) is 11.7 Å². The highest BCUT2D eigenvalue weighted by atomic mass is 19.1. The molecule has 0 bridgehead atoms. The number of benzene rings is 1. The molecule has 1 saturated heterocycles. The van der Waals surface area contributed by atoms with E-state index in [1.54, 1.807) is 13.0 Å². The van der Waals surface area contributed by atoms with Crippen molar-refractivity contribution < 1.29 is 13.6 Å². The second-order valence-electron chi connectivity index (χ2n) is 6.11. The number of piperidine rings is 1. The Morgan fingerprint density at radius 1 is 1.45 bits per heavy atom. The second kappa shape index (κ2) is 6.08. The molecule has 2 atom stereocenters. The molecule has 1 aliphatic heterocycles. The van der Waals surface area contributed by atoms with Crippen LogP contribution in [0.3, 0.4) is 0 Å². The minimum atomic E-state index is -0.252. The lowest BCUT2D eigenvalue weighted by molar-refractivity contribution is -0.130. The zero-order valence-corrected chi connectivity index (χ0v) is 12.9. The molecule has 0 saturated carbocycles. The van der Waals surface area contributed by atoms with Crippen molar-refractivity contribution in [2.24, 2.45) is 5.92 Å². The van der Waals surface area contributed by atoms with E-state index in [1.807, 2.05) is 11.0 Å². The molecule has 1 aliphatic rings. The molecule has 1 N–H and O–H groups in total. The summed E-state index contributed by atoms with van der Waals surface area (Å²) in [5.41, 5.74) is 0.706. The molecule has 1 aromatic carbocycles. The van der Waals surface area contributed by atoms with Crippen molar-refractivity contribution in [1.82, 2.24) is 10.2 Å². The molecule has 1 aromatic heterocycles. The Morgan fingerprint density at radius 3 is 3.00 bits per heavy atom. The first-order valence-electron chi connectivity index (χ1n) is 7.70. The van der Waals surface area contributed by atoms with Gasteiger partial charge in [0.15, 0.2) is 0 Å². The van der Waals surface area contributed by atoms with Crippen LogP contribution in [0.25, 0.3) is 11.0 Å². The van der Waals surface area contributed by atoms with Gasteiger partial charge in [-0.2, -0.15) is 0 Å². The van der Waals surface area contributed by atoms with E-state index in [1.165, 1.54) is 12.1 Å². The topological polar surface area (TPSA) is 45.5 Å². The summed E-state index contributed by atoms with van der Waals surface area (Å²) in [7, 11) is 0. The van der Waals surface area contributed by atoms with Crippen molar-refractivity contribution in [2.75, 3.05) is 13.1 Å². The second-order valence-corrected chi connectivity index (χ2v) is 6.11. The molecule has 0 spiro atoms. The summed E-state index contributed by atoms with van der Waals surface area (Å²) in [4.78, 5) is 13.3. The van der Waals surface area contributed by atoms with Crippen molar-refractivity contribution in [2.45, 2.75) is 32.9 Å². The largest absolute Gasteiger partial charge is 0.460 e. The molecule has 4 nitrogen and oxygen atoms in total. The number of hydrogen-bond donors (Lipinski definition) is 1. The van der Waals surface area contributed by atoms with Crippen LogP contribution >= 0.6 is 0 Å². The first kappa shape index (κ1) is 15.0. The van der Waals surface area contributed by atoms with E-state index in [0.717, 1.165) is 30.7 Å². The van der Waals surface area contributed by atoms with Gasteiger partial charge in [-0.15, -0.1) is 0 Å². The summed E-state index contributed by atoms with van der Waals surface area (Å²) in [6, 6.07) is 6.78. The van der Waals surface area contributed by atoms with Crippen molar-refractivity contribution in [3.05, 3.63) is 35.8 Å². The Hall–Kier alpha value is -1.88. The average Bonchev–Trinajstić information content (AvgIpc) is 2.87. The van der Waals surface area contributed by atoms with Crippen LogP contribution < -0.4 is 5.32 Å². The van der Waals surface area contributed by atoms with Gasteiger partial charge in [0.1, 0.15) is 17.2 Å². The van der Waals surface area contributed by atoms with Crippen LogP contribution in [-0.2, 0) is 11.3 Å². The number of carbonyl (C=O) groups is 1. The summed E-state index contributed by atoms with van der Waals surface area (Å²) in [6.45, 7) is 5.97. The number of likely N-dealkylation sites (tertiary alicyclic amines) is 1. The number of nitrogens with zero attached hydrogens (tertiary/aromatic N) is 1. The lowest BCUT2D eigenvalue weighted by Gasteiger charge is -2.36. The molecule has 2 heterocycles. The molecule has 1 amide bonds. The molecular formula is C17H21FN2O2. The summed E-state index contributed by atoms with van der Waals surface area (Å²) >= 11 is 0. The Bertz CT molecular complexity index is 682. The summed E-state index contributed by atoms with van der Waals surface area (Å²) < 4.78 is 18.9. The summed E-state index contributed by atoms with van der Waals surface area (Å²) in [5.74, 6) is 1.10. The number of fused-ring (bicyclic) bond motifs is 1. The van der Waals surface area contributed by atoms with Gasteiger partial charge in [-0.3, -0.25) is 4.79 Å². The van der Waals surface area contributed by atoms with Gasteiger partial charge >= 0.3 is 0 Å². The first-order chi connectivity index (χ1) is 10.5. The minimum absolute atomic E-state index is 0.143. The Balaban J connectivity index is 1.61. The van der Waals surface area contributed by atoms with Gasteiger partial charge < -0.3 is 14.6 Å². The molecule has 1 fully saturated rings. The average molecular weight is 304 g/mol. The van der Waals surface area contributed by atoms with Crippen molar-refractivity contribution in [3.8, 4) is 0 Å². The van der Waals surface area contributed by atoms with Gasteiger partial charge in [0.2, 0.25) is 5.91 Å². The zero-order valence-electron chi connectivity index (χ0n) is 12.9. The van der Waals surface area contributed by atoms with Gasteiger partial charge in [0, 0.05) is 31.4 Å². The Morgan fingerprint density at radius 2 is 2.27 bits per heavy atom. The van der Waals surface area contributed by atoms with Gasteiger partial charge in [0.05, 0.1) is 6.54 Å². The summed E-state index contributed by atoms with van der Waals surface area (Å²) in [6.07, 6.45) is 0.940. The molecule has 0 aliphatic carbocycles. The number of hydrogen-bond acceptors (Lipinski definition) is 3. The monoisotopic (exact) mass is 304 g/mol. The molecule has 0 radical (unpaired) electrons. The maximum atomic E-state index is 13.2. The molecule has 0 unspecified atom stereocenters. The lowest BCUT2D eigenvalue weighted by Crippen LogP contribution is -2.49. The molecular weight excluding hydrogens is 283 g/mol. The quantitative estimate of drug-likeness (QED) is 0.948. The fraction of sp³-hybridized carbons (Fsp3) is 0.471. The number of carbonyl (C=O) groups excluding carboxylic acids is 1. The van der Waals surface area contributed by atoms with E-state index in [9.17, 15) is 9.18 Å². The van der Waals surface area contributed by atoms with Crippen LogP contribution in [0, 0.1) is 11.7 Å². The fourth-order valence-electron chi connectivity index (χ4n) is 3.12. The van der Waals surface area contributed by atoms with Gasteiger partial charge in [-0.25, -0.2) is 4.39 Å². The highest BCUT2D eigenvalue weighted by Crippen LogP contribution is 2.22. The third-order valence-electron chi connectivity index (χ3n) is 4.42. The van der Waals surface area contributed by atoms with Crippen molar-refractivity contribution >= 4 is 16.9 Å². The minimum Gasteiger partial charge on any atom is -0.460 e. The smallest absolute Gasteiger partial charge is 0.219 e. The number of furan rings is 1. The predicted molar refractivity (Wildman–Crippen MR) is 82.8 cm³/mol. The van der Waals surface area contributed by atoms with E-state index in [4.69, 9.17) is 4.42 Å². The van der Waals surface area contributed by atoms with Gasteiger partial charge in [-0.1, -0.05) is 6.92 Å². The third kappa shape index (κ3) is 3.14. The normalized spacial score (nSPS) is 22.2. The van der Waals surface area contributed by atoms with Crippen LogP contribution in [0.4, 0.5) is 4.39 Å². The lowest BCUT2D eigenvalue weighted by atomic mass is 9.94. The number of nitrogens with one attached hydrogen (secondary N) is 1. The fourth-order valence-corrected chi connectivity index (χ4v) is 3.12. The van der Waals surface area contributed by atoms with Crippen LogP contribution in [0.15, 0.2) is 28.7 Å². The Kier molecular flexibility index (Phi) is 4.16. The van der Waals surface area contributed by atoms with Crippen LogP contribution in [0.5, 0.6) is 0 Å². The number of amides is 1. The molecule has 22 heavy (non-hydrogen) atoms. The van der Waals surface area contributed by atoms with Crippen LogP contribution in [0.2, 0.25) is 0 Å². The third-order valence-corrected chi connectivity index (χ3v) is 4.42. The van der Waals surface area contributed by atoms with Crippen molar-refractivity contribution in [1.29, 1.82) is 0 Å². The number of halogens is 1. The standard InChI is InChI=1S/C17H21FN2O2/c1-11-10-20(12(2)21)6-5-16(11)19-9-15-8-13-7-14(18)3-4-17(13)22-15/h3-4,7-8,11,16,19H,5-6,9-10H2,1-2H3/t11-,16-/m0/s1. The Labute approximate surface area is 129 Å². The first-order valence-corrected chi connectivity index (χ1v) is 7.70. The predicted octanol–water partition coefficient (Wildman–Crippen LogP) is 2.92. The number of rotatable bonds is 3. The van der Waals surface area contributed by atoms with Gasteiger partial charge in [0.25, 0.3) is 0 Å². The van der Waals surface area contributed by atoms with Gasteiger partial charge in [-0.05, 0) is 36.6 Å². The van der Waals surface area contributed by atoms with E-state index in [0.29, 0.717) is 24.1 Å².